The first kappa shape index (κ1) is 12.5. The maximum atomic E-state index is 11.3. The van der Waals surface area contributed by atoms with Gasteiger partial charge in [0.05, 0.1) is 0 Å². The van der Waals surface area contributed by atoms with Crippen LogP contribution in [0.5, 0.6) is 0 Å². The average molecular weight is 242 g/mol. The minimum Gasteiger partial charge on any atom is -0.480 e. The quantitative estimate of drug-likeness (QED) is 0.795. The van der Waals surface area contributed by atoms with Crippen molar-refractivity contribution < 1.29 is 14.7 Å². The van der Waals surface area contributed by atoms with Crippen LogP contribution in [-0.2, 0) is 4.79 Å². The van der Waals surface area contributed by atoms with E-state index < -0.39 is 12.0 Å². The summed E-state index contributed by atoms with van der Waals surface area (Å²) in [6.45, 7) is 2.91. The molecule has 0 bridgehead atoms. The van der Waals surface area contributed by atoms with E-state index in [1.165, 1.54) is 19.9 Å². The molecule has 0 saturated heterocycles. The molecular weight excluding hydrogens is 230 g/mol. The number of hydrogen-bond donors (Lipinski definition) is 2. The zero-order valence-corrected chi connectivity index (χ0v) is 9.71. The Balaban J connectivity index is 3.04. The van der Waals surface area contributed by atoms with Gasteiger partial charge in [-0.15, -0.1) is 0 Å². The van der Waals surface area contributed by atoms with Crippen LogP contribution in [-0.4, -0.2) is 22.9 Å². The molecule has 0 aliphatic rings. The number of nitrogens with one attached hydrogen (secondary N) is 1. The second-order valence-corrected chi connectivity index (χ2v) is 3.89. The summed E-state index contributed by atoms with van der Waals surface area (Å²) in [5.74, 6) is -1.15. The summed E-state index contributed by atoms with van der Waals surface area (Å²) in [6, 6.07) is 3.95. The summed E-state index contributed by atoms with van der Waals surface area (Å²) >= 11 is 5.76. The van der Waals surface area contributed by atoms with Gasteiger partial charge in [-0.25, -0.2) is 0 Å². The van der Waals surface area contributed by atoms with Crippen molar-refractivity contribution in [1.29, 1.82) is 0 Å². The van der Waals surface area contributed by atoms with Crippen LogP contribution in [0, 0.1) is 0 Å². The number of Topliss-reactive ketones (excluding diaryl/α,β-unsaturated/α-hetero) is 1. The monoisotopic (exact) mass is 241 g/mol. The van der Waals surface area contributed by atoms with E-state index in [1.807, 2.05) is 0 Å². The predicted molar refractivity (Wildman–Crippen MR) is 62.2 cm³/mol. The van der Waals surface area contributed by atoms with Crippen LogP contribution in [0.15, 0.2) is 18.2 Å². The molecule has 4 nitrogen and oxygen atoms in total. The van der Waals surface area contributed by atoms with E-state index in [9.17, 15) is 9.59 Å². The zero-order valence-electron chi connectivity index (χ0n) is 8.95. The van der Waals surface area contributed by atoms with E-state index in [4.69, 9.17) is 16.7 Å². The van der Waals surface area contributed by atoms with Crippen LogP contribution in [0.2, 0.25) is 5.02 Å². The Hall–Kier alpha value is -1.55. The molecule has 0 saturated carbocycles. The fourth-order valence-electron chi connectivity index (χ4n) is 1.23. The lowest BCUT2D eigenvalue weighted by molar-refractivity contribution is -0.137. The Morgan fingerprint density at radius 2 is 2.06 bits per heavy atom. The van der Waals surface area contributed by atoms with Crippen molar-refractivity contribution in [2.75, 3.05) is 5.32 Å². The fraction of sp³-hybridized carbons (Fsp3) is 0.273. The van der Waals surface area contributed by atoms with Crippen molar-refractivity contribution in [2.24, 2.45) is 0 Å². The first-order chi connectivity index (χ1) is 7.41. The molecule has 1 unspecified atom stereocenters. The van der Waals surface area contributed by atoms with E-state index in [2.05, 4.69) is 5.32 Å². The lowest BCUT2D eigenvalue weighted by atomic mass is 10.1. The third-order valence-corrected chi connectivity index (χ3v) is 2.34. The molecule has 0 spiro atoms. The second-order valence-electron chi connectivity index (χ2n) is 3.45. The number of carboxylic acids is 1. The largest absolute Gasteiger partial charge is 0.480 e. The summed E-state index contributed by atoms with van der Waals surface area (Å²) in [5.41, 5.74) is 0.868. The van der Waals surface area contributed by atoms with Gasteiger partial charge in [-0.1, -0.05) is 11.6 Å². The van der Waals surface area contributed by atoms with Gasteiger partial charge >= 0.3 is 5.97 Å². The number of ketones is 1. The van der Waals surface area contributed by atoms with E-state index in [0.717, 1.165) is 0 Å². The fourth-order valence-corrected chi connectivity index (χ4v) is 1.40. The number of anilines is 1. The van der Waals surface area contributed by atoms with Crippen molar-refractivity contribution in [2.45, 2.75) is 19.9 Å². The van der Waals surface area contributed by atoms with Crippen molar-refractivity contribution in [3.63, 3.8) is 0 Å². The molecule has 1 aromatic carbocycles. The van der Waals surface area contributed by atoms with Crippen molar-refractivity contribution in [1.82, 2.24) is 0 Å². The third kappa shape index (κ3) is 2.97. The molecule has 0 aliphatic carbocycles. The van der Waals surface area contributed by atoms with Gasteiger partial charge in [0.25, 0.3) is 0 Å². The van der Waals surface area contributed by atoms with Gasteiger partial charge in [-0.05, 0) is 32.0 Å². The lowest BCUT2D eigenvalue weighted by Crippen LogP contribution is -2.26. The molecular formula is C11H12ClNO3. The normalized spacial score (nSPS) is 11.9. The third-order valence-electron chi connectivity index (χ3n) is 2.10. The molecule has 0 fully saturated rings. The molecule has 16 heavy (non-hydrogen) atoms. The first-order valence-corrected chi connectivity index (χ1v) is 5.09. The number of halogens is 1. The van der Waals surface area contributed by atoms with Crippen LogP contribution >= 0.6 is 11.6 Å². The Labute approximate surface area is 98.2 Å². The van der Waals surface area contributed by atoms with E-state index in [-0.39, 0.29) is 5.78 Å². The number of carbonyl (C=O) groups excluding carboxylic acids is 1. The molecule has 0 heterocycles. The predicted octanol–water partition coefficient (Wildman–Crippen LogP) is 2.43. The molecule has 2 N–H and O–H groups in total. The van der Waals surface area contributed by atoms with Crippen LogP contribution in [0.25, 0.3) is 0 Å². The van der Waals surface area contributed by atoms with E-state index >= 15 is 0 Å². The zero-order chi connectivity index (χ0) is 12.3. The minimum absolute atomic E-state index is 0.164. The number of rotatable bonds is 4. The molecule has 0 amide bonds. The van der Waals surface area contributed by atoms with Gasteiger partial charge in [0, 0.05) is 16.3 Å². The molecule has 0 radical (unpaired) electrons. The highest BCUT2D eigenvalue weighted by Crippen LogP contribution is 2.21. The Bertz CT molecular complexity index is 431. The van der Waals surface area contributed by atoms with Gasteiger partial charge in [-0.2, -0.15) is 0 Å². The molecule has 1 rings (SSSR count). The molecule has 0 aliphatic heterocycles. The van der Waals surface area contributed by atoms with Crippen LogP contribution in [0.1, 0.15) is 24.2 Å². The molecule has 86 valence electrons. The number of carbonyl (C=O) groups is 2. The average Bonchev–Trinajstić information content (AvgIpc) is 2.20. The highest BCUT2D eigenvalue weighted by molar-refractivity contribution is 6.31. The van der Waals surface area contributed by atoms with Crippen LogP contribution in [0.3, 0.4) is 0 Å². The van der Waals surface area contributed by atoms with Gasteiger partial charge in [-0.3, -0.25) is 9.59 Å². The van der Waals surface area contributed by atoms with Gasteiger partial charge < -0.3 is 10.4 Å². The topological polar surface area (TPSA) is 66.4 Å². The lowest BCUT2D eigenvalue weighted by Gasteiger charge is -2.13. The molecule has 1 atom stereocenters. The maximum absolute atomic E-state index is 11.3. The Kier molecular flexibility index (Phi) is 3.90. The number of carboxylic acid groups (broad SMARTS) is 1. The van der Waals surface area contributed by atoms with Crippen molar-refractivity contribution in [3.05, 3.63) is 28.8 Å². The van der Waals surface area contributed by atoms with Gasteiger partial charge in [0.15, 0.2) is 5.78 Å². The van der Waals surface area contributed by atoms with Gasteiger partial charge in [0.1, 0.15) is 6.04 Å². The van der Waals surface area contributed by atoms with E-state index in [0.29, 0.717) is 16.3 Å². The van der Waals surface area contributed by atoms with E-state index in [1.54, 1.807) is 12.1 Å². The summed E-state index contributed by atoms with van der Waals surface area (Å²) in [4.78, 5) is 22.0. The second kappa shape index (κ2) is 4.99. The number of benzene rings is 1. The molecule has 5 heteroatoms. The summed E-state index contributed by atoms with van der Waals surface area (Å²) in [5, 5.41) is 11.9. The Morgan fingerprint density at radius 3 is 2.56 bits per heavy atom. The summed E-state index contributed by atoms with van der Waals surface area (Å²) < 4.78 is 0. The van der Waals surface area contributed by atoms with Gasteiger partial charge in [0.2, 0.25) is 0 Å². The van der Waals surface area contributed by atoms with Crippen LogP contribution < -0.4 is 5.32 Å². The molecule has 1 aromatic rings. The highest BCUT2D eigenvalue weighted by atomic mass is 35.5. The summed E-state index contributed by atoms with van der Waals surface area (Å²) in [6.07, 6.45) is 0. The SMILES string of the molecule is CC(=O)c1cc(Cl)ccc1NC(C)C(=O)O. The first-order valence-electron chi connectivity index (χ1n) is 4.71. The standard InChI is InChI=1S/C11H12ClNO3/c1-6(11(15)16)13-10-4-3-8(12)5-9(10)7(2)14/h3-6,13H,1-2H3,(H,15,16). The van der Waals surface area contributed by atoms with Crippen LogP contribution in [0.4, 0.5) is 5.69 Å². The minimum atomic E-state index is -0.982. The summed E-state index contributed by atoms with van der Waals surface area (Å²) in [7, 11) is 0. The number of aliphatic carboxylic acids is 1. The maximum Gasteiger partial charge on any atom is 0.325 e. The van der Waals surface area contributed by atoms with Crippen molar-refractivity contribution in [3.8, 4) is 0 Å². The molecule has 0 aromatic heterocycles. The smallest absolute Gasteiger partial charge is 0.325 e. The number of hydrogen-bond acceptors (Lipinski definition) is 3. The Morgan fingerprint density at radius 1 is 1.44 bits per heavy atom. The highest BCUT2D eigenvalue weighted by Gasteiger charge is 2.14. The van der Waals surface area contributed by atoms with Crippen molar-refractivity contribution >= 4 is 29.0 Å².